The Morgan fingerprint density at radius 3 is 2.76 bits per heavy atom. The minimum Gasteiger partial charge on any atom is -0.504 e. The van der Waals surface area contributed by atoms with Gasteiger partial charge in [-0.3, -0.25) is 0 Å². The van der Waals surface area contributed by atoms with Crippen LogP contribution in [0.2, 0.25) is 0 Å². The van der Waals surface area contributed by atoms with Crippen molar-refractivity contribution in [2.24, 2.45) is 0 Å². The van der Waals surface area contributed by atoms with E-state index in [1.54, 1.807) is 18.2 Å². The van der Waals surface area contributed by atoms with Crippen molar-refractivity contribution in [1.29, 1.82) is 0 Å². The minimum absolute atomic E-state index is 0.0967. The minimum atomic E-state index is 0.0967. The van der Waals surface area contributed by atoms with E-state index in [1.807, 2.05) is 6.92 Å². The molecule has 0 amide bonds. The van der Waals surface area contributed by atoms with Gasteiger partial charge in [0.05, 0.1) is 17.3 Å². The van der Waals surface area contributed by atoms with E-state index >= 15 is 0 Å². The van der Waals surface area contributed by atoms with E-state index in [1.165, 1.54) is 7.11 Å². The normalized spacial score (nSPS) is 10.5. The molecule has 2 aromatic rings. The second-order valence-corrected chi connectivity index (χ2v) is 5.40. The smallest absolute Gasteiger partial charge is 0.161 e. The quantitative estimate of drug-likeness (QED) is 0.858. The molecule has 2 N–H and O–H groups in total. The number of halogens is 1. The molecule has 6 heteroatoms. The van der Waals surface area contributed by atoms with Crippen molar-refractivity contribution < 1.29 is 9.84 Å². The zero-order valence-electron chi connectivity index (χ0n) is 12.3. The van der Waals surface area contributed by atoms with Crippen LogP contribution in [0.25, 0.3) is 11.4 Å². The number of hydrogen-bond acceptors (Lipinski definition) is 5. The molecule has 0 aliphatic carbocycles. The number of benzene rings is 1. The van der Waals surface area contributed by atoms with Gasteiger partial charge in [-0.05, 0) is 47.5 Å². The highest BCUT2D eigenvalue weighted by atomic mass is 79.9. The van der Waals surface area contributed by atoms with Crippen molar-refractivity contribution in [3.63, 3.8) is 0 Å². The third-order valence-corrected chi connectivity index (χ3v) is 3.95. The third-order valence-electron chi connectivity index (χ3n) is 3.00. The summed E-state index contributed by atoms with van der Waals surface area (Å²) >= 11 is 3.50. The van der Waals surface area contributed by atoms with Gasteiger partial charge in [0.25, 0.3) is 0 Å². The van der Waals surface area contributed by atoms with Crippen molar-refractivity contribution in [2.75, 3.05) is 19.0 Å². The molecule has 0 bridgehead atoms. The Kier molecular flexibility index (Phi) is 5.01. The molecule has 21 heavy (non-hydrogen) atoms. The average Bonchev–Trinajstić information content (AvgIpc) is 2.49. The van der Waals surface area contributed by atoms with Crippen LogP contribution in [0.4, 0.5) is 5.82 Å². The first-order valence-corrected chi connectivity index (χ1v) is 7.51. The van der Waals surface area contributed by atoms with Crippen LogP contribution >= 0.6 is 15.9 Å². The molecule has 0 aliphatic rings. The summed E-state index contributed by atoms with van der Waals surface area (Å²) in [6.45, 7) is 4.86. The van der Waals surface area contributed by atoms with Crippen LogP contribution in [0.15, 0.2) is 22.7 Å². The zero-order chi connectivity index (χ0) is 15.4. The molecular formula is C15H18BrN3O2. The fraction of sp³-hybridized carbons (Fsp3) is 0.333. The van der Waals surface area contributed by atoms with Crippen LogP contribution in [0.1, 0.15) is 19.0 Å². The first kappa shape index (κ1) is 15.6. The molecule has 0 spiro atoms. The molecule has 0 atom stereocenters. The van der Waals surface area contributed by atoms with E-state index in [4.69, 9.17) is 4.74 Å². The number of methoxy groups -OCH3 is 1. The predicted octanol–water partition coefficient (Wildman–Crippen LogP) is 3.75. The first-order chi connectivity index (χ1) is 10.1. The van der Waals surface area contributed by atoms with E-state index in [2.05, 4.69) is 38.1 Å². The lowest BCUT2D eigenvalue weighted by Gasteiger charge is -2.11. The standard InChI is InChI=1S/C15H18BrN3O2/c1-4-7-17-15-13(16)9(2)18-14(19-15)10-5-6-11(20)12(8-10)21-3/h5-6,8,20H,4,7H2,1-3H3,(H,17,18,19). The van der Waals surface area contributed by atoms with Crippen molar-refractivity contribution in [1.82, 2.24) is 9.97 Å². The fourth-order valence-electron chi connectivity index (χ4n) is 1.87. The number of anilines is 1. The summed E-state index contributed by atoms with van der Waals surface area (Å²) in [5.41, 5.74) is 1.64. The number of nitrogens with zero attached hydrogens (tertiary/aromatic N) is 2. The summed E-state index contributed by atoms with van der Waals surface area (Å²) in [4.78, 5) is 9.02. The fourth-order valence-corrected chi connectivity index (χ4v) is 2.18. The largest absolute Gasteiger partial charge is 0.504 e. The zero-order valence-corrected chi connectivity index (χ0v) is 13.9. The monoisotopic (exact) mass is 351 g/mol. The second kappa shape index (κ2) is 6.76. The van der Waals surface area contributed by atoms with Gasteiger partial charge in [0, 0.05) is 12.1 Å². The molecule has 1 heterocycles. The molecule has 2 rings (SSSR count). The van der Waals surface area contributed by atoms with Crippen molar-refractivity contribution in [3.05, 3.63) is 28.4 Å². The highest BCUT2D eigenvalue weighted by molar-refractivity contribution is 9.10. The molecule has 0 radical (unpaired) electrons. The summed E-state index contributed by atoms with van der Waals surface area (Å²) in [7, 11) is 1.51. The summed E-state index contributed by atoms with van der Waals surface area (Å²) in [6, 6.07) is 5.07. The van der Waals surface area contributed by atoms with Crippen molar-refractivity contribution in [2.45, 2.75) is 20.3 Å². The number of hydrogen-bond donors (Lipinski definition) is 2. The number of ether oxygens (including phenoxy) is 1. The van der Waals surface area contributed by atoms with Gasteiger partial charge in [0.1, 0.15) is 5.82 Å². The van der Waals surface area contributed by atoms with Gasteiger partial charge in [-0.25, -0.2) is 9.97 Å². The van der Waals surface area contributed by atoms with Crippen LogP contribution in [0, 0.1) is 6.92 Å². The summed E-state index contributed by atoms with van der Waals surface area (Å²) in [5.74, 6) is 1.86. The number of rotatable bonds is 5. The van der Waals surface area contributed by atoms with Gasteiger partial charge < -0.3 is 15.2 Å². The Hall–Kier alpha value is -1.82. The Morgan fingerprint density at radius 1 is 1.33 bits per heavy atom. The number of aryl methyl sites for hydroxylation is 1. The van der Waals surface area contributed by atoms with Crippen LogP contribution in [0.3, 0.4) is 0 Å². The van der Waals surface area contributed by atoms with E-state index in [-0.39, 0.29) is 5.75 Å². The van der Waals surface area contributed by atoms with Crippen molar-refractivity contribution >= 4 is 21.7 Å². The molecule has 0 aliphatic heterocycles. The highest BCUT2D eigenvalue weighted by Crippen LogP contribution is 2.32. The molecule has 112 valence electrons. The van der Waals surface area contributed by atoms with Gasteiger partial charge in [-0.2, -0.15) is 0 Å². The molecule has 5 nitrogen and oxygen atoms in total. The first-order valence-electron chi connectivity index (χ1n) is 6.72. The van der Waals surface area contributed by atoms with Gasteiger partial charge in [0.2, 0.25) is 0 Å². The molecule has 1 aromatic carbocycles. The Balaban J connectivity index is 2.46. The second-order valence-electron chi connectivity index (χ2n) is 4.61. The average molecular weight is 352 g/mol. The van der Waals surface area contributed by atoms with Crippen LogP contribution < -0.4 is 10.1 Å². The summed E-state index contributed by atoms with van der Waals surface area (Å²) < 4.78 is 5.99. The Bertz CT molecular complexity index is 647. The number of aromatic nitrogens is 2. The van der Waals surface area contributed by atoms with Crippen LogP contribution in [-0.4, -0.2) is 28.7 Å². The topological polar surface area (TPSA) is 67.3 Å². The molecule has 1 aromatic heterocycles. The Labute approximate surface area is 132 Å². The molecular weight excluding hydrogens is 334 g/mol. The van der Waals surface area contributed by atoms with E-state index in [9.17, 15) is 5.11 Å². The number of phenols is 1. The predicted molar refractivity (Wildman–Crippen MR) is 86.9 cm³/mol. The summed E-state index contributed by atoms with van der Waals surface area (Å²) in [5, 5.41) is 12.9. The maximum Gasteiger partial charge on any atom is 0.161 e. The third kappa shape index (κ3) is 3.44. The van der Waals surface area contributed by atoms with Crippen LogP contribution in [0.5, 0.6) is 11.5 Å². The number of nitrogens with one attached hydrogen (secondary N) is 1. The lowest BCUT2D eigenvalue weighted by Crippen LogP contribution is -2.06. The maximum atomic E-state index is 9.67. The van der Waals surface area contributed by atoms with Gasteiger partial charge in [0.15, 0.2) is 17.3 Å². The lowest BCUT2D eigenvalue weighted by molar-refractivity contribution is 0.373. The van der Waals surface area contributed by atoms with Gasteiger partial charge in [-0.15, -0.1) is 0 Å². The lowest BCUT2D eigenvalue weighted by atomic mass is 10.2. The maximum absolute atomic E-state index is 9.67. The molecule has 0 saturated carbocycles. The van der Waals surface area contributed by atoms with Crippen LogP contribution in [-0.2, 0) is 0 Å². The van der Waals surface area contributed by atoms with Crippen molar-refractivity contribution in [3.8, 4) is 22.9 Å². The highest BCUT2D eigenvalue weighted by Gasteiger charge is 2.12. The van der Waals surface area contributed by atoms with Gasteiger partial charge in [-0.1, -0.05) is 6.92 Å². The molecule has 0 fully saturated rings. The van der Waals surface area contributed by atoms with E-state index in [0.29, 0.717) is 11.6 Å². The number of aromatic hydroxyl groups is 1. The SMILES string of the molecule is CCCNc1nc(-c2ccc(O)c(OC)c2)nc(C)c1Br. The van der Waals surface area contributed by atoms with E-state index in [0.717, 1.165) is 34.5 Å². The molecule has 0 saturated heterocycles. The van der Waals surface area contributed by atoms with Gasteiger partial charge >= 0.3 is 0 Å². The Morgan fingerprint density at radius 2 is 2.10 bits per heavy atom. The molecule has 0 unspecified atom stereocenters. The van der Waals surface area contributed by atoms with E-state index < -0.39 is 0 Å². The number of phenolic OH excluding ortho intramolecular Hbond substituents is 1. The summed E-state index contributed by atoms with van der Waals surface area (Å²) in [6.07, 6.45) is 1.01.